The Balaban J connectivity index is 4.14. The summed E-state index contributed by atoms with van der Waals surface area (Å²) in [5.74, 6) is -1.56. The van der Waals surface area contributed by atoms with Gasteiger partial charge in [0.15, 0.2) is 0 Å². The van der Waals surface area contributed by atoms with Crippen LogP contribution in [0.4, 0.5) is 0 Å². The summed E-state index contributed by atoms with van der Waals surface area (Å²) in [6.07, 6.45) is 36.3. The normalized spacial score (nSPS) is 14.5. The quantitative estimate of drug-likeness (QED) is 0.0326. The highest BCUT2D eigenvalue weighted by molar-refractivity contribution is 7.85. The summed E-state index contributed by atoms with van der Waals surface area (Å²) < 4.78 is 32.3. The summed E-state index contributed by atoms with van der Waals surface area (Å²) >= 11 is 0. The number of allylic oxidation sites excluding steroid dienone is 5. The highest BCUT2D eigenvalue weighted by Crippen LogP contribution is 2.15. The Kier molecular flexibility index (Phi) is 30.1. The van der Waals surface area contributed by atoms with E-state index in [9.17, 15) is 28.0 Å². The lowest BCUT2D eigenvalue weighted by atomic mass is 10.0. The van der Waals surface area contributed by atoms with Gasteiger partial charge in [-0.05, 0) is 38.5 Å². The predicted molar refractivity (Wildman–Crippen MR) is 190 cm³/mol. The molecule has 4 N–H and O–H groups in total. The number of nitrogens with one attached hydrogen (secondary N) is 1. The van der Waals surface area contributed by atoms with Crippen LogP contribution in [-0.2, 0) is 14.9 Å². The fourth-order valence-corrected chi connectivity index (χ4v) is 6.03. The Morgan fingerprint density at radius 2 is 1.00 bits per heavy atom. The maximum atomic E-state index is 12.5. The van der Waals surface area contributed by atoms with Crippen LogP contribution >= 0.6 is 0 Å². The largest absolute Gasteiger partial charge is 0.387 e. The monoisotopic (exact) mass is 655 g/mol. The van der Waals surface area contributed by atoms with E-state index in [1.54, 1.807) is 6.08 Å². The first kappa shape index (κ1) is 43.5. The van der Waals surface area contributed by atoms with Gasteiger partial charge in [-0.15, -0.1) is 0 Å². The Morgan fingerprint density at radius 1 is 0.600 bits per heavy atom. The van der Waals surface area contributed by atoms with Gasteiger partial charge in [-0.2, -0.15) is 8.42 Å². The smallest absolute Gasteiger partial charge is 0.267 e. The van der Waals surface area contributed by atoms with Gasteiger partial charge in [-0.25, -0.2) is 0 Å². The fraction of sp³-hybridized carbons (Fsp3) is 0.811. The molecule has 0 fully saturated rings. The number of rotatable bonds is 32. The fourth-order valence-electron chi connectivity index (χ4n) is 5.30. The number of carbonyl (C=O) groups excluding carboxylic acids is 1. The van der Waals surface area contributed by atoms with E-state index >= 15 is 0 Å². The first-order valence-corrected chi connectivity index (χ1v) is 19.9. The molecule has 0 radical (unpaired) electrons. The SMILES string of the molecule is CCCC/C=C/CC/C=C/CC/C=C/C(O)C(CS(=O)(=O)O)NC(=O)C(O)CCCCCCCCCCCCCCCCCC. The summed E-state index contributed by atoms with van der Waals surface area (Å²) in [5, 5.41) is 23.2. The van der Waals surface area contributed by atoms with Crippen LogP contribution in [-0.4, -0.2) is 53.1 Å². The van der Waals surface area contributed by atoms with Gasteiger partial charge in [0.1, 0.15) is 6.10 Å². The van der Waals surface area contributed by atoms with Crippen LogP contribution in [0.1, 0.15) is 168 Å². The molecule has 0 aromatic heterocycles. The van der Waals surface area contributed by atoms with Crippen LogP contribution in [0, 0.1) is 0 Å². The second-order valence-electron chi connectivity index (χ2n) is 12.6. The van der Waals surface area contributed by atoms with Gasteiger partial charge in [0.25, 0.3) is 10.1 Å². The summed E-state index contributed by atoms with van der Waals surface area (Å²) in [6, 6.07) is -1.25. The Labute approximate surface area is 277 Å². The molecule has 0 aliphatic carbocycles. The standard InChI is InChI=1S/C37H69NO6S/c1-3-5-7-9-11-13-15-17-18-19-20-22-24-26-28-30-32-36(40)37(41)38-34(33-45(42,43)44)35(39)31-29-27-25-23-21-16-14-12-10-8-6-4-2/h10,12,21,23,29,31,34-36,39-40H,3-9,11,13-20,22,24-28,30,32-33H2,1-2H3,(H,38,41)(H,42,43,44)/b12-10+,23-21+,31-29+. The molecule has 7 nitrogen and oxygen atoms in total. The third-order valence-electron chi connectivity index (χ3n) is 8.15. The number of aliphatic hydroxyl groups is 2. The Bertz CT molecular complexity index is 870. The molecule has 0 bridgehead atoms. The molecule has 264 valence electrons. The van der Waals surface area contributed by atoms with Gasteiger partial charge in [-0.1, -0.05) is 166 Å². The zero-order chi connectivity index (χ0) is 33.4. The van der Waals surface area contributed by atoms with Gasteiger partial charge >= 0.3 is 0 Å². The zero-order valence-corrected chi connectivity index (χ0v) is 29.7. The van der Waals surface area contributed by atoms with Crippen LogP contribution < -0.4 is 5.32 Å². The number of hydrogen-bond acceptors (Lipinski definition) is 5. The van der Waals surface area contributed by atoms with Crippen molar-refractivity contribution < 1.29 is 28.0 Å². The molecular formula is C37H69NO6S. The van der Waals surface area contributed by atoms with Gasteiger partial charge in [0.05, 0.1) is 17.9 Å². The number of unbranched alkanes of at least 4 members (excludes halogenated alkanes) is 19. The first-order chi connectivity index (χ1) is 21.7. The van der Waals surface area contributed by atoms with Crippen molar-refractivity contribution in [2.24, 2.45) is 0 Å². The van der Waals surface area contributed by atoms with E-state index in [1.165, 1.54) is 96.0 Å². The second kappa shape index (κ2) is 31.1. The summed E-state index contributed by atoms with van der Waals surface area (Å²) in [7, 11) is -4.45. The van der Waals surface area contributed by atoms with E-state index in [1.807, 2.05) is 0 Å². The van der Waals surface area contributed by atoms with Crippen molar-refractivity contribution in [1.82, 2.24) is 5.32 Å². The van der Waals surface area contributed by atoms with Crippen molar-refractivity contribution in [3.63, 3.8) is 0 Å². The van der Waals surface area contributed by atoms with Gasteiger partial charge in [0, 0.05) is 0 Å². The predicted octanol–water partition coefficient (Wildman–Crippen LogP) is 9.15. The summed E-state index contributed by atoms with van der Waals surface area (Å²) in [6.45, 7) is 4.44. The minimum absolute atomic E-state index is 0.273. The third-order valence-corrected chi connectivity index (χ3v) is 8.94. The minimum atomic E-state index is -4.45. The number of hydrogen-bond donors (Lipinski definition) is 4. The molecule has 0 spiro atoms. The number of amides is 1. The average molecular weight is 656 g/mol. The molecule has 0 aliphatic rings. The van der Waals surface area contributed by atoms with Gasteiger partial charge in [0.2, 0.25) is 5.91 Å². The van der Waals surface area contributed by atoms with Crippen molar-refractivity contribution >= 4 is 16.0 Å². The molecule has 0 aromatic carbocycles. The van der Waals surface area contributed by atoms with E-state index < -0.39 is 40.0 Å². The molecule has 0 rings (SSSR count). The van der Waals surface area contributed by atoms with E-state index in [2.05, 4.69) is 43.5 Å². The summed E-state index contributed by atoms with van der Waals surface area (Å²) in [5.41, 5.74) is 0. The van der Waals surface area contributed by atoms with Crippen LogP contribution in [0.2, 0.25) is 0 Å². The second-order valence-corrected chi connectivity index (χ2v) is 14.1. The lowest BCUT2D eigenvalue weighted by Gasteiger charge is -2.22. The van der Waals surface area contributed by atoms with E-state index in [0.29, 0.717) is 12.8 Å². The average Bonchev–Trinajstić information content (AvgIpc) is 3.00. The molecule has 1 amide bonds. The minimum Gasteiger partial charge on any atom is -0.387 e. The highest BCUT2D eigenvalue weighted by Gasteiger charge is 2.27. The number of aliphatic hydroxyl groups excluding tert-OH is 2. The molecule has 8 heteroatoms. The van der Waals surface area contributed by atoms with Crippen LogP contribution in [0.15, 0.2) is 36.5 Å². The van der Waals surface area contributed by atoms with E-state index in [4.69, 9.17) is 0 Å². The number of carbonyl (C=O) groups is 1. The highest BCUT2D eigenvalue weighted by atomic mass is 32.2. The molecule has 0 heterocycles. The van der Waals surface area contributed by atoms with Crippen molar-refractivity contribution in [3.05, 3.63) is 36.5 Å². The Hall–Kier alpha value is -1.48. The lowest BCUT2D eigenvalue weighted by Crippen LogP contribution is -2.50. The van der Waals surface area contributed by atoms with E-state index in [0.717, 1.165) is 44.9 Å². The van der Waals surface area contributed by atoms with Crippen molar-refractivity contribution in [2.75, 3.05) is 5.75 Å². The third kappa shape index (κ3) is 30.9. The maximum Gasteiger partial charge on any atom is 0.267 e. The Morgan fingerprint density at radius 3 is 1.44 bits per heavy atom. The van der Waals surface area contributed by atoms with Crippen molar-refractivity contribution in [2.45, 2.75) is 186 Å². The molecule has 3 unspecified atom stereocenters. The molecule has 3 atom stereocenters. The van der Waals surface area contributed by atoms with Gasteiger partial charge < -0.3 is 15.5 Å². The molecule has 0 aromatic rings. The topological polar surface area (TPSA) is 124 Å². The molecule has 0 saturated carbocycles. The maximum absolute atomic E-state index is 12.5. The zero-order valence-electron chi connectivity index (χ0n) is 28.8. The van der Waals surface area contributed by atoms with Crippen molar-refractivity contribution in [3.8, 4) is 0 Å². The molecular weight excluding hydrogens is 586 g/mol. The summed E-state index contributed by atoms with van der Waals surface area (Å²) in [4.78, 5) is 12.5. The van der Waals surface area contributed by atoms with Gasteiger partial charge in [-0.3, -0.25) is 9.35 Å². The lowest BCUT2D eigenvalue weighted by molar-refractivity contribution is -0.130. The van der Waals surface area contributed by atoms with Crippen LogP contribution in [0.25, 0.3) is 0 Å². The van der Waals surface area contributed by atoms with Crippen LogP contribution in [0.3, 0.4) is 0 Å². The molecule has 0 aliphatic heterocycles. The molecule has 0 saturated heterocycles. The van der Waals surface area contributed by atoms with Crippen LogP contribution in [0.5, 0.6) is 0 Å². The van der Waals surface area contributed by atoms with Crippen molar-refractivity contribution in [1.29, 1.82) is 0 Å². The van der Waals surface area contributed by atoms with E-state index in [-0.39, 0.29) is 6.42 Å². The molecule has 45 heavy (non-hydrogen) atoms. The first-order valence-electron chi connectivity index (χ1n) is 18.3.